The van der Waals surface area contributed by atoms with Crippen molar-refractivity contribution in [2.24, 2.45) is 0 Å². The first-order valence-corrected chi connectivity index (χ1v) is 7.10. The van der Waals surface area contributed by atoms with Crippen molar-refractivity contribution in [1.82, 2.24) is 9.97 Å². The van der Waals surface area contributed by atoms with Crippen molar-refractivity contribution in [3.63, 3.8) is 0 Å². The summed E-state index contributed by atoms with van der Waals surface area (Å²) < 4.78 is 0. The molecule has 0 atom stereocenters. The zero-order valence-electron chi connectivity index (χ0n) is 12.4. The molecule has 0 saturated carbocycles. The van der Waals surface area contributed by atoms with Crippen LogP contribution in [0.1, 0.15) is 31.4 Å². The number of nitrogens with zero attached hydrogens (tertiary/aromatic N) is 3. The predicted octanol–water partition coefficient (Wildman–Crippen LogP) is 3.48. The van der Waals surface area contributed by atoms with Crippen molar-refractivity contribution >= 4 is 17.3 Å². The molecule has 0 saturated heterocycles. The molecule has 2 N–H and O–H groups in total. The monoisotopic (exact) mass is 270 g/mol. The van der Waals surface area contributed by atoms with Gasteiger partial charge in [-0.15, -0.1) is 0 Å². The van der Waals surface area contributed by atoms with Gasteiger partial charge in [-0.3, -0.25) is 0 Å². The molecule has 2 aromatic rings. The smallest absolute Gasteiger partial charge is 0.141 e. The summed E-state index contributed by atoms with van der Waals surface area (Å²) in [5.41, 5.74) is 9.45. The zero-order chi connectivity index (χ0) is 14.5. The first-order valence-electron chi connectivity index (χ1n) is 7.10. The normalized spacial score (nSPS) is 10.6. The van der Waals surface area contributed by atoms with E-state index in [-0.39, 0.29) is 0 Å². The molecule has 1 aromatic heterocycles. The van der Waals surface area contributed by atoms with Crippen LogP contribution < -0.4 is 10.6 Å². The van der Waals surface area contributed by atoms with Crippen LogP contribution in [0.2, 0.25) is 0 Å². The Kier molecular flexibility index (Phi) is 4.56. The highest BCUT2D eigenvalue weighted by molar-refractivity contribution is 5.67. The summed E-state index contributed by atoms with van der Waals surface area (Å²) in [6, 6.07) is 8.43. The van der Waals surface area contributed by atoms with Crippen LogP contribution in [0.3, 0.4) is 0 Å². The molecule has 0 aliphatic heterocycles. The molecule has 0 unspecified atom stereocenters. The predicted molar refractivity (Wildman–Crippen MR) is 84.3 cm³/mol. The van der Waals surface area contributed by atoms with E-state index in [0.29, 0.717) is 5.82 Å². The molecule has 4 nitrogen and oxygen atoms in total. The summed E-state index contributed by atoms with van der Waals surface area (Å²) in [6.07, 6.45) is 3.46. The van der Waals surface area contributed by atoms with Crippen molar-refractivity contribution in [3.05, 3.63) is 41.7 Å². The second kappa shape index (κ2) is 6.37. The van der Waals surface area contributed by atoms with Gasteiger partial charge in [0.15, 0.2) is 0 Å². The van der Waals surface area contributed by atoms with Crippen molar-refractivity contribution < 1.29 is 0 Å². The number of rotatable bonds is 5. The molecule has 2 rings (SSSR count). The van der Waals surface area contributed by atoms with Crippen LogP contribution in [-0.2, 0) is 6.42 Å². The lowest BCUT2D eigenvalue weighted by Crippen LogP contribution is -2.20. The van der Waals surface area contributed by atoms with Crippen LogP contribution in [0.25, 0.3) is 0 Å². The number of hydrogen-bond donors (Lipinski definition) is 1. The maximum absolute atomic E-state index is 6.03. The molecule has 0 aliphatic carbocycles. The standard InChI is InChI=1S/C16H22N4/c1-4-7-14-15(17)18-11-19-16(14)20(5-2)13-9-6-8-12(3)10-13/h6,8-11H,4-5,7H2,1-3H3,(H2,17,18,19). The molecule has 1 aromatic carbocycles. The lowest BCUT2D eigenvalue weighted by atomic mass is 10.1. The fourth-order valence-corrected chi connectivity index (χ4v) is 2.39. The minimum atomic E-state index is 0.586. The summed E-state index contributed by atoms with van der Waals surface area (Å²) >= 11 is 0. The Hall–Kier alpha value is -2.10. The molecule has 106 valence electrons. The summed E-state index contributed by atoms with van der Waals surface area (Å²) in [5.74, 6) is 1.51. The number of nitrogen functional groups attached to an aromatic ring is 1. The maximum Gasteiger partial charge on any atom is 0.141 e. The van der Waals surface area contributed by atoms with Gasteiger partial charge in [0.05, 0.1) is 0 Å². The van der Waals surface area contributed by atoms with Crippen LogP contribution in [0, 0.1) is 6.92 Å². The van der Waals surface area contributed by atoms with Crippen molar-refractivity contribution in [3.8, 4) is 0 Å². The van der Waals surface area contributed by atoms with Crippen LogP contribution in [-0.4, -0.2) is 16.5 Å². The largest absolute Gasteiger partial charge is 0.383 e. The van der Waals surface area contributed by atoms with Gasteiger partial charge in [0, 0.05) is 17.8 Å². The Morgan fingerprint density at radius 1 is 1.20 bits per heavy atom. The molecular weight excluding hydrogens is 248 g/mol. The molecule has 20 heavy (non-hydrogen) atoms. The van der Waals surface area contributed by atoms with E-state index in [4.69, 9.17) is 5.73 Å². The van der Waals surface area contributed by atoms with Crippen molar-refractivity contribution in [2.45, 2.75) is 33.6 Å². The number of hydrogen-bond acceptors (Lipinski definition) is 4. The van der Waals surface area contributed by atoms with Crippen LogP contribution in [0.15, 0.2) is 30.6 Å². The average molecular weight is 270 g/mol. The molecular formula is C16H22N4. The zero-order valence-corrected chi connectivity index (χ0v) is 12.4. The lowest BCUT2D eigenvalue weighted by Gasteiger charge is -2.25. The van der Waals surface area contributed by atoms with E-state index in [1.807, 2.05) is 0 Å². The minimum absolute atomic E-state index is 0.586. The number of nitrogens with two attached hydrogens (primary N) is 1. The third kappa shape index (κ3) is 2.90. The Morgan fingerprint density at radius 3 is 2.65 bits per heavy atom. The van der Waals surface area contributed by atoms with Gasteiger partial charge < -0.3 is 10.6 Å². The highest BCUT2D eigenvalue weighted by Gasteiger charge is 2.15. The van der Waals surface area contributed by atoms with Gasteiger partial charge in [-0.2, -0.15) is 0 Å². The fraction of sp³-hybridized carbons (Fsp3) is 0.375. The van der Waals surface area contributed by atoms with Crippen LogP contribution in [0.4, 0.5) is 17.3 Å². The van der Waals surface area contributed by atoms with Gasteiger partial charge in [-0.1, -0.05) is 25.5 Å². The van der Waals surface area contributed by atoms with Crippen LogP contribution in [0.5, 0.6) is 0 Å². The van der Waals surface area contributed by atoms with E-state index in [1.165, 1.54) is 5.56 Å². The third-order valence-corrected chi connectivity index (χ3v) is 3.34. The Balaban J connectivity index is 2.49. The molecule has 1 heterocycles. The van der Waals surface area contributed by atoms with E-state index < -0.39 is 0 Å². The molecule has 0 bridgehead atoms. The topological polar surface area (TPSA) is 55.0 Å². The van der Waals surface area contributed by atoms with E-state index in [9.17, 15) is 0 Å². The molecule has 0 radical (unpaired) electrons. The molecule has 0 amide bonds. The van der Waals surface area contributed by atoms with Gasteiger partial charge in [0.1, 0.15) is 18.0 Å². The van der Waals surface area contributed by atoms with E-state index >= 15 is 0 Å². The second-order valence-corrected chi connectivity index (χ2v) is 4.89. The lowest BCUT2D eigenvalue weighted by molar-refractivity contribution is 0.880. The van der Waals surface area contributed by atoms with Gasteiger partial charge in [0.2, 0.25) is 0 Å². The van der Waals surface area contributed by atoms with E-state index in [2.05, 4.69) is 59.9 Å². The van der Waals surface area contributed by atoms with Gasteiger partial charge in [-0.05, 0) is 38.0 Å². The van der Waals surface area contributed by atoms with E-state index in [1.54, 1.807) is 6.33 Å². The summed E-state index contributed by atoms with van der Waals surface area (Å²) in [4.78, 5) is 10.8. The third-order valence-electron chi connectivity index (χ3n) is 3.34. The first-order chi connectivity index (χ1) is 9.67. The highest BCUT2D eigenvalue weighted by Crippen LogP contribution is 2.29. The Morgan fingerprint density at radius 2 is 2.00 bits per heavy atom. The van der Waals surface area contributed by atoms with Crippen molar-refractivity contribution in [1.29, 1.82) is 0 Å². The molecule has 0 fully saturated rings. The number of aryl methyl sites for hydroxylation is 1. The van der Waals surface area contributed by atoms with Crippen LogP contribution >= 0.6 is 0 Å². The quantitative estimate of drug-likeness (QED) is 0.903. The number of anilines is 3. The Labute approximate surface area is 120 Å². The number of aromatic nitrogens is 2. The van der Waals surface area contributed by atoms with E-state index in [0.717, 1.165) is 36.5 Å². The summed E-state index contributed by atoms with van der Waals surface area (Å²) in [5, 5.41) is 0. The average Bonchev–Trinajstić information content (AvgIpc) is 2.43. The fourth-order valence-electron chi connectivity index (χ4n) is 2.39. The molecule has 4 heteroatoms. The Bertz CT molecular complexity index is 580. The molecule has 0 aliphatic rings. The summed E-state index contributed by atoms with van der Waals surface area (Å²) in [7, 11) is 0. The minimum Gasteiger partial charge on any atom is -0.383 e. The maximum atomic E-state index is 6.03. The molecule has 0 spiro atoms. The highest BCUT2D eigenvalue weighted by atomic mass is 15.2. The number of benzene rings is 1. The summed E-state index contributed by atoms with van der Waals surface area (Å²) in [6.45, 7) is 7.20. The first kappa shape index (κ1) is 14.3. The SMILES string of the molecule is CCCc1c(N)ncnc1N(CC)c1cccc(C)c1. The van der Waals surface area contributed by atoms with Crippen molar-refractivity contribution in [2.75, 3.05) is 17.2 Å². The van der Waals surface area contributed by atoms with Gasteiger partial charge >= 0.3 is 0 Å². The van der Waals surface area contributed by atoms with Gasteiger partial charge in [-0.25, -0.2) is 9.97 Å². The second-order valence-electron chi connectivity index (χ2n) is 4.89. The van der Waals surface area contributed by atoms with Gasteiger partial charge in [0.25, 0.3) is 0 Å².